The van der Waals surface area contributed by atoms with Crippen molar-refractivity contribution in [1.29, 1.82) is 0 Å². The fraction of sp³-hybridized carbons (Fsp3) is 0.619. The van der Waals surface area contributed by atoms with E-state index in [0.29, 0.717) is 18.0 Å². The number of rotatable bonds is 8. The highest BCUT2D eigenvalue weighted by Gasteiger charge is 2.25. The fourth-order valence-corrected chi connectivity index (χ4v) is 3.50. The zero-order chi connectivity index (χ0) is 18.9. The van der Waals surface area contributed by atoms with Gasteiger partial charge in [0, 0.05) is 25.2 Å². The molecule has 1 N–H and O–H groups in total. The van der Waals surface area contributed by atoms with Crippen molar-refractivity contribution >= 4 is 11.8 Å². The molecule has 0 spiro atoms. The minimum absolute atomic E-state index is 0.0155. The van der Waals surface area contributed by atoms with Crippen molar-refractivity contribution in [3.8, 4) is 0 Å². The maximum absolute atomic E-state index is 13.0. The molecule has 1 fully saturated rings. The van der Waals surface area contributed by atoms with E-state index in [4.69, 9.17) is 0 Å². The Balaban J connectivity index is 1.97. The molecular formula is C21H33N3O2. The molecule has 2 rings (SSSR count). The number of amides is 2. The van der Waals surface area contributed by atoms with Crippen LogP contribution in [0.3, 0.4) is 0 Å². The number of carbonyl (C=O) groups is 2. The Kier molecular flexibility index (Phi) is 8.10. The largest absolute Gasteiger partial charge is 0.341 e. The van der Waals surface area contributed by atoms with E-state index >= 15 is 0 Å². The fourth-order valence-electron chi connectivity index (χ4n) is 3.50. The van der Waals surface area contributed by atoms with E-state index in [2.05, 4.69) is 10.2 Å². The molecule has 5 nitrogen and oxygen atoms in total. The lowest BCUT2D eigenvalue weighted by molar-refractivity contribution is -0.133. The van der Waals surface area contributed by atoms with E-state index in [0.717, 1.165) is 13.1 Å². The summed E-state index contributed by atoms with van der Waals surface area (Å²) in [6.07, 6.45) is 6.25. The molecule has 144 valence electrons. The third-order valence-corrected chi connectivity index (χ3v) is 5.09. The Hall–Kier alpha value is -1.88. The van der Waals surface area contributed by atoms with Crippen LogP contribution in [0.2, 0.25) is 0 Å². The molecule has 2 amide bonds. The van der Waals surface area contributed by atoms with Gasteiger partial charge in [0.15, 0.2) is 0 Å². The zero-order valence-electron chi connectivity index (χ0n) is 16.4. The number of nitrogens with zero attached hydrogens (tertiary/aromatic N) is 2. The van der Waals surface area contributed by atoms with Gasteiger partial charge in [-0.05, 0) is 51.9 Å². The summed E-state index contributed by atoms with van der Waals surface area (Å²) in [4.78, 5) is 29.4. The predicted octanol–water partition coefficient (Wildman–Crippen LogP) is 2.78. The number of nitrogens with one attached hydrogen (secondary N) is 1. The Morgan fingerprint density at radius 1 is 1.08 bits per heavy atom. The lowest BCUT2D eigenvalue weighted by Gasteiger charge is -2.32. The second-order valence-corrected chi connectivity index (χ2v) is 7.65. The first kappa shape index (κ1) is 20.4. The van der Waals surface area contributed by atoms with Gasteiger partial charge in [0.05, 0.1) is 0 Å². The van der Waals surface area contributed by atoms with Gasteiger partial charge in [-0.25, -0.2) is 0 Å². The van der Waals surface area contributed by atoms with E-state index in [1.165, 1.54) is 32.1 Å². The molecule has 0 aliphatic heterocycles. The van der Waals surface area contributed by atoms with Gasteiger partial charge in [0.25, 0.3) is 5.91 Å². The van der Waals surface area contributed by atoms with Crippen LogP contribution in [0.25, 0.3) is 0 Å². The van der Waals surface area contributed by atoms with Crippen molar-refractivity contribution in [2.75, 3.05) is 33.7 Å². The van der Waals surface area contributed by atoms with Crippen molar-refractivity contribution in [3.63, 3.8) is 0 Å². The lowest BCUT2D eigenvalue weighted by Crippen LogP contribution is -2.50. The van der Waals surface area contributed by atoms with Crippen LogP contribution in [-0.4, -0.2) is 61.4 Å². The van der Waals surface area contributed by atoms with Gasteiger partial charge in [-0.15, -0.1) is 0 Å². The van der Waals surface area contributed by atoms with Crippen LogP contribution in [0.4, 0.5) is 0 Å². The SMILES string of the molecule is CC(NC(=O)c1ccccc1)C(=O)N(CCN(C)C)CC1CCCCC1. The number of benzene rings is 1. The summed E-state index contributed by atoms with van der Waals surface area (Å²) in [6.45, 7) is 4.12. The summed E-state index contributed by atoms with van der Waals surface area (Å²) in [5, 5.41) is 2.86. The van der Waals surface area contributed by atoms with Crippen LogP contribution in [0, 0.1) is 5.92 Å². The highest BCUT2D eigenvalue weighted by atomic mass is 16.2. The molecule has 5 heteroatoms. The maximum atomic E-state index is 13.0. The van der Waals surface area contributed by atoms with Crippen molar-refractivity contribution in [1.82, 2.24) is 15.1 Å². The molecule has 0 bridgehead atoms. The average Bonchev–Trinajstić information content (AvgIpc) is 2.65. The zero-order valence-corrected chi connectivity index (χ0v) is 16.4. The molecule has 0 saturated heterocycles. The Morgan fingerprint density at radius 2 is 1.73 bits per heavy atom. The molecule has 0 heterocycles. The van der Waals surface area contributed by atoms with Crippen LogP contribution in [0.5, 0.6) is 0 Å². The van der Waals surface area contributed by atoms with Gasteiger partial charge in [0.1, 0.15) is 6.04 Å². The third-order valence-electron chi connectivity index (χ3n) is 5.09. The highest BCUT2D eigenvalue weighted by Crippen LogP contribution is 2.24. The van der Waals surface area contributed by atoms with Gasteiger partial charge in [-0.3, -0.25) is 9.59 Å². The summed E-state index contributed by atoms with van der Waals surface area (Å²) in [5.41, 5.74) is 0.583. The average molecular weight is 360 g/mol. The molecule has 0 radical (unpaired) electrons. The molecule has 1 unspecified atom stereocenters. The summed E-state index contributed by atoms with van der Waals surface area (Å²) in [7, 11) is 4.04. The minimum Gasteiger partial charge on any atom is -0.341 e. The number of likely N-dealkylation sites (N-methyl/N-ethyl adjacent to an activating group) is 1. The molecule has 1 aliphatic carbocycles. The minimum atomic E-state index is -0.520. The first-order valence-corrected chi connectivity index (χ1v) is 9.77. The highest BCUT2D eigenvalue weighted by molar-refractivity contribution is 5.97. The molecule has 26 heavy (non-hydrogen) atoms. The number of hydrogen-bond donors (Lipinski definition) is 1. The topological polar surface area (TPSA) is 52.7 Å². The third kappa shape index (κ3) is 6.45. The standard InChI is InChI=1S/C21H33N3O2/c1-17(22-20(25)19-12-8-5-9-13-19)21(26)24(15-14-23(2)3)16-18-10-6-4-7-11-18/h5,8-9,12-13,17-18H,4,6-7,10-11,14-16H2,1-3H3,(H,22,25). The predicted molar refractivity (Wildman–Crippen MR) is 105 cm³/mol. The second kappa shape index (κ2) is 10.3. The van der Waals surface area contributed by atoms with Gasteiger partial charge in [0.2, 0.25) is 5.91 Å². The van der Waals surface area contributed by atoms with Crippen molar-refractivity contribution < 1.29 is 9.59 Å². The Morgan fingerprint density at radius 3 is 2.35 bits per heavy atom. The molecule has 1 aromatic rings. The summed E-state index contributed by atoms with van der Waals surface area (Å²) in [6, 6.07) is 8.53. The van der Waals surface area contributed by atoms with E-state index < -0.39 is 6.04 Å². The smallest absolute Gasteiger partial charge is 0.251 e. The van der Waals surface area contributed by atoms with Crippen LogP contribution in [0.1, 0.15) is 49.4 Å². The molecule has 1 atom stereocenters. The van der Waals surface area contributed by atoms with E-state index in [-0.39, 0.29) is 11.8 Å². The first-order valence-electron chi connectivity index (χ1n) is 9.77. The molecule has 1 aromatic carbocycles. The lowest BCUT2D eigenvalue weighted by atomic mass is 9.89. The van der Waals surface area contributed by atoms with Crippen LogP contribution in [0.15, 0.2) is 30.3 Å². The first-order chi connectivity index (χ1) is 12.5. The van der Waals surface area contributed by atoms with Crippen molar-refractivity contribution in [2.45, 2.75) is 45.1 Å². The van der Waals surface area contributed by atoms with Crippen molar-refractivity contribution in [2.24, 2.45) is 5.92 Å². The van der Waals surface area contributed by atoms with Crippen LogP contribution >= 0.6 is 0 Å². The normalized spacial score (nSPS) is 16.3. The Bertz CT molecular complexity index is 568. The molecule has 1 saturated carbocycles. The van der Waals surface area contributed by atoms with Crippen molar-refractivity contribution in [3.05, 3.63) is 35.9 Å². The molecule has 1 aliphatic rings. The summed E-state index contributed by atoms with van der Waals surface area (Å²) in [5.74, 6) is 0.408. The summed E-state index contributed by atoms with van der Waals surface area (Å²) >= 11 is 0. The summed E-state index contributed by atoms with van der Waals surface area (Å²) < 4.78 is 0. The van der Waals surface area contributed by atoms with E-state index in [9.17, 15) is 9.59 Å². The monoisotopic (exact) mass is 359 g/mol. The molecular weight excluding hydrogens is 326 g/mol. The van der Waals surface area contributed by atoms with Gasteiger partial charge < -0.3 is 15.1 Å². The van der Waals surface area contributed by atoms with E-state index in [1.807, 2.05) is 37.2 Å². The quantitative estimate of drug-likeness (QED) is 0.776. The second-order valence-electron chi connectivity index (χ2n) is 7.65. The van der Waals surface area contributed by atoms with Crippen LogP contribution < -0.4 is 5.32 Å². The number of hydrogen-bond acceptors (Lipinski definition) is 3. The van der Waals surface area contributed by atoms with E-state index in [1.54, 1.807) is 19.1 Å². The van der Waals surface area contributed by atoms with Gasteiger partial charge >= 0.3 is 0 Å². The van der Waals surface area contributed by atoms with Gasteiger partial charge in [-0.2, -0.15) is 0 Å². The number of carbonyl (C=O) groups excluding carboxylic acids is 2. The van der Waals surface area contributed by atoms with Gasteiger partial charge in [-0.1, -0.05) is 37.5 Å². The van der Waals surface area contributed by atoms with Crippen LogP contribution in [-0.2, 0) is 4.79 Å². The maximum Gasteiger partial charge on any atom is 0.251 e. The molecule has 0 aromatic heterocycles. The Labute approximate surface area is 157 Å².